The number of amides is 4. The van der Waals surface area contributed by atoms with Gasteiger partial charge in [-0.2, -0.15) is 0 Å². The van der Waals surface area contributed by atoms with Crippen molar-refractivity contribution in [1.82, 2.24) is 10.2 Å². The van der Waals surface area contributed by atoms with Crippen LogP contribution in [0.15, 0.2) is 34.7 Å². The lowest BCUT2D eigenvalue weighted by molar-refractivity contribution is -0.125. The smallest absolute Gasteiger partial charge is 0.319 e. The lowest BCUT2D eigenvalue weighted by Gasteiger charge is -2.30. The first-order valence-electron chi connectivity index (χ1n) is 8.69. The van der Waals surface area contributed by atoms with E-state index in [-0.39, 0.29) is 24.1 Å². The normalized spacial score (nSPS) is 15.5. The molecule has 0 radical (unpaired) electrons. The Morgan fingerprint density at radius 1 is 1.21 bits per heavy atom. The molecule has 1 atom stereocenters. The molecule has 9 nitrogen and oxygen atoms in total. The molecule has 148 valence electrons. The van der Waals surface area contributed by atoms with Crippen LogP contribution in [-0.4, -0.2) is 50.0 Å². The van der Waals surface area contributed by atoms with Gasteiger partial charge in [-0.25, -0.2) is 4.79 Å². The van der Waals surface area contributed by atoms with Crippen LogP contribution in [-0.2, 0) is 11.3 Å². The van der Waals surface area contributed by atoms with Gasteiger partial charge < -0.3 is 29.6 Å². The van der Waals surface area contributed by atoms with Crippen LogP contribution in [0, 0.1) is 0 Å². The molecule has 2 heterocycles. The summed E-state index contributed by atoms with van der Waals surface area (Å²) in [5.74, 6) is 0.814. The third-order valence-electron chi connectivity index (χ3n) is 4.26. The number of furan rings is 1. The highest BCUT2D eigenvalue weighted by Crippen LogP contribution is 2.35. The van der Waals surface area contributed by atoms with Gasteiger partial charge in [0.05, 0.1) is 12.2 Å². The summed E-state index contributed by atoms with van der Waals surface area (Å²) in [5.41, 5.74) is 1.16. The molecule has 0 spiro atoms. The van der Waals surface area contributed by atoms with Gasteiger partial charge in [0.1, 0.15) is 11.5 Å². The topological polar surface area (TPSA) is 104 Å². The minimum atomic E-state index is -0.584. The number of carbonyl (C=O) groups excluding carboxylic acids is 3. The van der Waals surface area contributed by atoms with Crippen LogP contribution in [0.4, 0.5) is 16.2 Å². The number of nitrogens with zero attached hydrogens (tertiary/aromatic N) is 2. The molecule has 4 amide bonds. The first-order valence-corrected chi connectivity index (χ1v) is 8.69. The van der Waals surface area contributed by atoms with Crippen LogP contribution in [0.5, 0.6) is 5.75 Å². The second-order valence-electron chi connectivity index (χ2n) is 6.61. The third kappa shape index (κ3) is 3.93. The number of hydrogen-bond donors (Lipinski definition) is 2. The molecule has 0 aliphatic carbocycles. The third-order valence-corrected chi connectivity index (χ3v) is 4.26. The van der Waals surface area contributed by atoms with Gasteiger partial charge in [0.2, 0.25) is 0 Å². The highest BCUT2D eigenvalue weighted by atomic mass is 16.5. The molecule has 9 heteroatoms. The quantitative estimate of drug-likeness (QED) is 0.837. The first kappa shape index (κ1) is 19.3. The van der Waals surface area contributed by atoms with Crippen molar-refractivity contribution in [2.75, 3.05) is 31.4 Å². The molecule has 28 heavy (non-hydrogen) atoms. The van der Waals surface area contributed by atoms with Crippen molar-refractivity contribution < 1.29 is 23.5 Å². The van der Waals surface area contributed by atoms with Gasteiger partial charge in [0.25, 0.3) is 11.8 Å². The molecule has 2 N–H and O–H groups in total. The van der Waals surface area contributed by atoms with Gasteiger partial charge in [-0.05, 0) is 31.2 Å². The summed E-state index contributed by atoms with van der Waals surface area (Å²) in [5, 5.41) is 5.36. The number of urea groups is 1. The van der Waals surface area contributed by atoms with E-state index in [0.29, 0.717) is 22.9 Å². The number of nitrogens with one attached hydrogen (secondary N) is 2. The SMILES string of the molecule is CC1Oc2cc(NC(=O)NCc3ccc(C(=O)N(C)C)o3)ccc2N(C)C1=O. The van der Waals surface area contributed by atoms with Gasteiger partial charge in [0, 0.05) is 32.9 Å². The summed E-state index contributed by atoms with van der Waals surface area (Å²) in [6.45, 7) is 1.80. The lowest BCUT2D eigenvalue weighted by atomic mass is 10.2. The van der Waals surface area contributed by atoms with Crippen molar-refractivity contribution >= 4 is 29.2 Å². The van der Waals surface area contributed by atoms with E-state index >= 15 is 0 Å². The monoisotopic (exact) mass is 386 g/mol. The standard InChI is InChI=1S/C19H22N4O5/c1-11-17(24)23(4)14-7-5-12(9-16(14)27-11)21-19(26)20-10-13-6-8-15(28-13)18(25)22(2)3/h5-9,11H,10H2,1-4H3,(H2,20,21,26). The fraction of sp³-hybridized carbons (Fsp3) is 0.316. The number of rotatable bonds is 4. The number of carbonyl (C=O) groups is 3. The van der Waals surface area contributed by atoms with Gasteiger partial charge in [-0.1, -0.05) is 0 Å². The van der Waals surface area contributed by atoms with E-state index in [1.165, 1.54) is 9.80 Å². The number of benzene rings is 1. The van der Waals surface area contributed by atoms with Gasteiger partial charge in [-0.15, -0.1) is 0 Å². The van der Waals surface area contributed by atoms with Crippen LogP contribution < -0.4 is 20.3 Å². The van der Waals surface area contributed by atoms with Crippen molar-refractivity contribution in [1.29, 1.82) is 0 Å². The number of likely N-dealkylation sites (N-methyl/N-ethyl adjacent to an activating group) is 1. The Bertz CT molecular complexity index is 921. The van der Waals surface area contributed by atoms with Crippen LogP contribution in [0.3, 0.4) is 0 Å². The Morgan fingerprint density at radius 2 is 1.96 bits per heavy atom. The maximum Gasteiger partial charge on any atom is 0.319 e. The van der Waals surface area contributed by atoms with Gasteiger partial charge in [0.15, 0.2) is 11.9 Å². The zero-order valence-corrected chi connectivity index (χ0v) is 16.1. The minimum absolute atomic E-state index is 0.127. The largest absolute Gasteiger partial charge is 0.479 e. The summed E-state index contributed by atoms with van der Waals surface area (Å²) < 4.78 is 11.0. The van der Waals surface area contributed by atoms with E-state index in [9.17, 15) is 14.4 Å². The second-order valence-corrected chi connectivity index (χ2v) is 6.61. The van der Waals surface area contributed by atoms with Crippen LogP contribution in [0.2, 0.25) is 0 Å². The Morgan fingerprint density at radius 3 is 2.68 bits per heavy atom. The molecule has 1 aliphatic rings. The summed E-state index contributed by atoms with van der Waals surface area (Å²) >= 11 is 0. The maximum absolute atomic E-state index is 12.1. The van der Waals surface area contributed by atoms with Crippen molar-refractivity contribution in [3.63, 3.8) is 0 Å². The van der Waals surface area contributed by atoms with Crippen molar-refractivity contribution in [3.05, 3.63) is 41.9 Å². The van der Waals surface area contributed by atoms with E-state index in [2.05, 4.69) is 10.6 Å². The summed E-state index contributed by atoms with van der Waals surface area (Å²) in [7, 11) is 4.94. The number of fused-ring (bicyclic) bond motifs is 1. The Kier molecular flexibility index (Phi) is 5.25. The van der Waals surface area contributed by atoms with E-state index in [1.807, 2.05) is 0 Å². The number of anilines is 2. The van der Waals surface area contributed by atoms with E-state index in [0.717, 1.165) is 0 Å². The van der Waals surface area contributed by atoms with Crippen molar-refractivity contribution in [2.24, 2.45) is 0 Å². The number of ether oxygens (including phenoxy) is 1. The van der Waals surface area contributed by atoms with E-state index in [1.54, 1.807) is 58.4 Å². The molecule has 0 saturated heterocycles. The molecule has 0 fully saturated rings. The van der Waals surface area contributed by atoms with Gasteiger partial charge >= 0.3 is 6.03 Å². The first-order chi connectivity index (χ1) is 13.3. The van der Waals surface area contributed by atoms with Crippen LogP contribution in [0.1, 0.15) is 23.2 Å². The average molecular weight is 386 g/mol. The predicted octanol–water partition coefficient (Wildman–Crippen LogP) is 2.05. The summed E-state index contributed by atoms with van der Waals surface area (Å²) in [4.78, 5) is 38.8. The second kappa shape index (κ2) is 7.63. The van der Waals surface area contributed by atoms with Crippen LogP contribution in [0.25, 0.3) is 0 Å². The van der Waals surface area contributed by atoms with Crippen molar-refractivity contribution in [3.8, 4) is 5.75 Å². The summed E-state index contributed by atoms with van der Waals surface area (Å²) in [6, 6.07) is 7.82. The molecular formula is C19H22N4O5. The Hall–Kier alpha value is -3.49. The van der Waals surface area contributed by atoms with Crippen LogP contribution >= 0.6 is 0 Å². The molecule has 1 unspecified atom stereocenters. The molecule has 0 saturated carbocycles. The Labute approximate surface area is 162 Å². The summed E-state index contributed by atoms with van der Waals surface area (Å²) in [6.07, 6.45) is -0.584. The molecule has 2 aromatic rings. The zero-order chi connectivity index (χ0) is 20.4. The molecule has 1 aromatic heterocycles. The van der Waals surface area contributed by atoms with Crippen molar-refractivity contribution in [2.45, 2.75) is 19.6 Å². The fourth-order valence-electron chi connectivity index (χ4n) is 2.75. The highest BCUT2D eigenvalue weighted by Gasteiger charge is 2.29. The van der Waals surface area contributed by atoms with Gasteiger partial charge in [-0.3, -0.25) is 9.59 Å². The van der Waals surface area contributed by atoms with E-state index in [4.69, 9.17) is 9.15 Å². The molecular weight excluding hydrogens is 364 g/mol. The highest BCUT2D eigenvalue weighted by molar-refractivity contribution is 6.00. The molecule has 0 bridgehead atoms. The maximum atomic E-state index is 12.1. The zero-order valence-electron chi connectivity index (χ0n) is 16.1. The van der Waals surface area contributed by atoms with E-state index < -0.39 is 12.1 Å². The fourth-order valence-corrected chi connectivity index (χ4v) is 2.75. The predicted molar refractivity (Wildman–Crippen MR) is 103 cm³/mol. The molecule has 1 aliphatic heterocycles. The average Bonchev–Trinajstić information content (AvgIpc) is 3.12. The Balaban J connectivity index is 1.59. The molecule has 1 aromatic carbocycles. The number of hydrogen-bond acceptors (Lipinski definition) is 5. The molecule has 3 rings (SSSR count). The lowest BCUT2D eigenvalue weighted by Crippen LogP contribution is -2.42. The minimum Gasteiger partial charge on any atom is -0.479 e.